The Kier molecular flexibility index (Phi) is 7.62. The fourth-order valence-electron chi connectivity index (χ4n) is 5.60. The Hall–Kier alpha value is -2.04. The van der Waals surface area contributed by atoms with E-state index < -0.39 is 25.1 Å². The second-order valence-electron chi connectivity index (χ2n) is 10.1. The number of benzene rings is 2. The van der Waals surface area contributed by atoms with Crippen LogP contribution in [-0.4, -0.2) is 82.6 Å². The molecule has 11 heteroatoms. The van der Waals surface area contributed by atoms with Crippen LogP contribution in [0.1, 0.15) is 36.1 Å². The Labute approximate surface area is 223 Å². The molecule has 5 rings (SSSR count). The molecule has 1 fully saturated rings. The van der Waals surface area contributed by atoms with Crippen LogP contribution < -0.4 is 5.32 Å². The van der Waals surface area contributed by atoms with Crippen molar-refractivity contribution in [2.75, 3.05) is 44.8 Å². The van der Waals surface area contributed by atoms with Crippen molar-refractivity contribution in [2.45, 2.75) is 43.8 Å². The molecule has 1 saturated heterocycles. The van der Waals surface area contributed by atoms with Crippen molar-refractivity contribution >= 4 is 39.8 Å². The number of nitrogens with one attached hydrogen (secondary N) is 2. The van der Waals surface area contributed by atoms with E-state index in [1.54, 1.807) is 23.2 Å². The van der Waals surface area contributed by atoms with Crippen molar-refractivity contribution in [1.82, 2.24) is 20.0 Å². The van der Waals surface area contributed by atoms with Gasteiger partial charge in [0.15, 0.2) is 0 Å². The molecule has 3 aromatic rings. The van der Waals surface area contributed by atoms with Crippen LogP contribution in [0.15, 0.2) is 30.5 Å². The number of hydrogen-bond donors (Lipinski definition) is 3. The highest BCUT2D eigenvalue weighted by molar-refractivity contribution is 6.36. The van der Waals surface area contributed by atoms with Crippen LogP contribution in [-0.2, 0) is 6.42 Å². The Morgan fingerprint density at radius 1 is 1.22 bits per heavy atom. The molecular formula is C26H30Cl2F3N5O. The Balaban J connectivity index is 1.50. The van der Waals surface area contributed by atoms with Crippen molar-refractivity contribution < 1.29 is 18.3 Å². The standard InChI is InChI=1S/C26H30Cl2F3N5O/c1-15-7-19-18(3-4-23-20(19)10-32-34-23)25(36(15)13-26(30,31)14-37)24-21(27)8-16(9-22(24)28)33-17-11-35(12-17)6-2-5-29/h3-4,8-10,15,17,25,33,37H,2,5-7,11-14H2,1H3,(H,32,34)/t15-,25+/m1/s1. The van der Waals surface area contributed by atoms with Gasteiger partial charge in [0.2, 0.25) is 0 Å². The van der Waals surface area contributed by atoms with Gasteiger partial charge in [-0.1, -0.05) is 29.3 Å². The lowest BCUT2D eigenvalue weighted by molar-refractivity contribution is -0.0862. The van der Waals surface area contributed by atoms with E-state index in [2.05, 4.69) is 20.4 Å². The number of aliphatic hydroxyl groups is 1. The SMILES string of the molecule is C[C@@H]1Cc2c(ccc3[nH]ncc23)[C@@H](c2c(Cl)cc(NC3CN(CCCF)C3)cc2Cl)N1CC(F)(F)CO. The van der Waals surface area contributed by atoms with Crippen LogP contribution in [0.25, 0.3) is 10.9 Å². The number of aromatic nitrogens is 2. The Bertz CT molecular complexity index is 1240. The first-order valence-electron chi connectivity index (χ1n) is 12.4. The van der Waals surface area contributed by atoms with Crippen molar-refractivity contribution in [1.29, 1.82) is 0 Å². The fourth-order valence-corrected chi connectivity index (χ4v) is 6.29. The molecule has 1 aromatic heterocycles. The summed E-state index contributed by atoms with van der Waals surface area (Å²) >= 11 is 13.7. The first-order chi connectivity index (χ1) is 17.7. The molecule has 0 aliphatic carbocycles. The maximum absolute atomic E-state index is 14.5. The smallest absolute Gasteiger partial charge is 0.283 e. The van der Waals surface area contributed by atoms with Crippen LogP contribution in [0, 0.1) is 0 Å². The molecule has 0 amide bonds. The maximum Gasteiger partial charge on any atom is 0.283 e. The Morgan fingerprint density at radius 3 is 2.62 bits per heavy atom. The van der Waals surface area contributed by atoms with Crippen LogP contribution in [0.5, 0.6) is 0 Å². The van der Waals surface area contributed by atoms with Crippen molar-refractivity contribution in [3.63, 3.8) is 0 Å². The average Bonchev–Trinajstić information content (AvgIpc) is 3.31. The third-order valence-electron chi connectivity index (χ3n) is 7.40. The summed E-state index contributed by atoms with van der Waals surface area (Å²) in [5, 5.41) is 21.6. The van der Waals surface area contributed by atoms with Gasteiger partial charge in [-0.05, 0) is 49.1 Å². The second kappa shape index (κ2) is 10.6. The lowest BCUT2D eigenvalue weighted by atomic mass is 9.83. The maximum atomic E-state index is 14.5. The van der Waals surface area contributed by atoms with E-state index in [0.717, 1.165) is 47.4 Å². The van der Waals surface area contributed by atoms with Gasteiger partial charge in [0.1, 0.15) is 6.61 Å². The number of hydrogen-bond acceptors (Lipinski definition) is 5. The number of anilines is 1. The monoisotopic (exact) mass is 555 g/mol. The largest absolute Gasteiger partial charge is 0.390 e. The molecule has 3 heterocycles. The van der Waals surface area contributed by atoms with Gasteiger partial charge < -0.3 is 10.4 Å². The minimum absolute atomic E-state index is 0.196. The molecule has 0 saturated carbocycles. The van der Waals surface area contributed by atoms with E-state index in [9.17, 15) is 18.3 Å². The van der Waals surface area contributed by atoms with Gasteiger partial charge >= 0.3 is 0 Å². The summed E-state index contributed by atoms with van der Waals surface area (Å²) in [7, 11) is 0. The highest BCUT2D eigenvalue weighted by Gasteiger charge is 2.42. The molecule has 2 aliphatic heterocycles. The predicted molar refractivity (Wildman–Crippen MR) is 141 cm³/mol. The minimum atomic E-state index is -3.29. The van der Waals surface area contributed by atoms with E-state index >= 15 is 0 Å². The van der Waals surface area contributed by atoms with Gasteiger partial charge in [-0.3, -0.25) is 19.3 Å². The zero-order valence-electron chi connectivity index (χ0n) is 20.5. The molecule has 6 nitrogen and oxygen atoms in total. The summed E-state index contributed by atoms with van der Waals surface area (Å²) in [6.07, 6.45) is 2.82. The van der Waals surface area contributed by atoms with Gasteiger partial charge in [0.05, 0.1) is 37.0 Å². The quantitative estimate of drug-likeness (QED) is 0.335. The first kappa shape index (κ1) is 26.6. The number of fused-ring (bicyclic) bond motifs is 3. The third kappa shape index (κ3) is 5.29. The number of alkyl halides is 3. The van der Waals surface area contributed by atoms with E-state index in [1.165, 1.54) is 0 Å². The summed E-state index contributed by atoms with van der Waals surface area (Å²) < 4.78 is 41.5. The molecule has 0 bridgehead atoms. The van der Waals surface area contributed by atoms with Crippen LogP contribution >= 0.6 is 23.2 Å². The molecule has 0 radical (unpaired) electrons. The molecule has 2 atom stereocenters. The van der Waals surface area contributed by atoms with Gasteiger partial charge in [-0.25, -0.2) is 8.78 Å². The summed E-state index contributed by atoms with van der Waals surface area (Å²) in [5.74, 6) is -3.29. The fraction of sp³-hybridized carbons (Fsp3) is 0.500. The molecule has 200 valence electrons. The van der Waals surface area contributed by atoms with Crippen LogP contribution in [0.3, 0.4) is 0 Å². The summed E-state index contributed by atoms with van der Waals surface area (Å²) in [6.45, 7) is 2.02. The van der Waals surface area contributed by atoms with E-state index in [-0.39, 0.29) is 18.8 Å². The molecule has 37 heavy (non-hydrogen) atoms. The van der Waals surface area contributed by atoms with E-state index in [0.29, 0.717) is 28.5 Å². The summed E-state index contributed by atoms with van der Waals surface area (Å²) in [6, 6.07) is 6.65. The molecule has 2 aliphatic rings. The number of rotatable bonds is 9. The normalized spacial score (nSPS) is 21.3. The second-order valence-corrected chi connectivity index (χ2v) is 10.9. The number of aliphatic hydroxyl groups excluding tert-OH is 1. The van der Waals surface area contributed by atoms with Crippen LogP contribution in [0.4, 0.5) is 18.9 Å². The predicted octanol–water partition coefficient (Wildman–Crippen LogP) is 5.29. The number of likely N-dealkylation sites (tertiary alicyclic amines) is 1. The van der Waals surface area contributed by atoms with Gasteiger partial charge in [0.25, 0.3) is 5.92 Å². The number of halogens is 5. The molecule has 3 N–H and O–H groups in total. The van der Waals surface area contributed by atoms with Gasteiger partial charge in [-0.15, -0.1) is 0 Å². The summed E-state index contributed by atoms with van der Waals surface area (Å²) in [5.41, 5.74) is 4.03. The molecular weight excluding hydrogens is 526 g/mol. The van der Waals surface area contributed by atoms with Crippen molar-refractivity contribution in [2.24, 2.45) is 0 Å². The average molecular weight is 556 g/mol. The summed E-state index contributed by atoms with van der Waals surface area (Å²) in [4.78, 5) is 3.85. The van der Waals surface area contributed by atoms with E-state index in [4.69, 9.17) is 23.2 Å². The minimum Gasteiger partial charge on any atom is -0.390 e. The van der Waals surface area contributed by atoms with Gasteiger partial charge in [-0.2, -0.15) is 5.10 Å². The molecule has 0 unspecified atom stereocenters. The number of aromatic amines is 1. The van der Waals surface area contributed by atoms with Crippen molar-refractivity contribution in [3.8, 4) is 0 Å². The highest BCUT2D eigenvalue weighted by atomic mass is 35.5. The van der Waals surface area contributed by atoms with Gasteiger partial charge in [0, 0.05) is 52.4 Å². The number of nitrogens with zero attached hydrogens (tertiary/aromatic N) is 3. The van der Waals surface area contributed by atoms with E-state index in [1.807, 2.05) is 19.1 Å². The first-order valence-corrected chi connectivity index (χ1v) is 13.2. The van der Waals surface area contributed by atoms with Crippen LogP contribution in [0.2, 0.25) is 10.0 Å². The lowest BCUT2D eigenvalue weighted by Gasteiger charge is -2.44. The third-order valence-corrected chi connectivity index (χ3v) is 8.02. The Morgan fingerprint density at radius 2 is 1.95 bits per heavy atom. The topological polar surface area (TPSA) is 67.4 Å². The molecule has 0 spiro atoms. The lowest BCUT2D eigenvalue weighted by Crippen LogP contribution is -2.54. The highest BCUT2D eigenvalue weighted by Crippen LogP contribution is 2.46. The molecule has 2 aromatic carbocycles. The number of H-pyrrole nitrogens is 1. The zero-order valence-corrected chi connectivity index (χ0v) is 22.0. The zero-order chi connectivity index (χ0) is 26.3. The van der Waals surface area contributed by atoms with Crippen molar-refractivity contribution in [3.05, 3.63) is 57.2 Å².